The van der Waals surface area contributed by atoms with Crippen LogP contribution in [0.2, 0.25) is 0 Å². The highest BCUT2D eigenvalue weighted by Crippen LogP contribution is 2.54. The van der Waals surface area contributed by atoms with Crippen LogP contribution >= 0.6 is 0 Å². The van der Waals surface area contributed by atoms with Crippen molar-refractivity contribution in [2.24, 2.45) is 23.2 Å². The number of hydrogen-bond donors (Lipinski definition) is 1. The minimum Gasteiger partial charge on any atom is -0.502 e. The number of aliphatic hydroxyl groups excluding tert-OH is 1. The highest BCUT2D eigenvalue weighted by Gasteiger charge is 2.61. The second-order valence-electron chi connectivity index (χ2n) is 9.42. The van der Waals surface area contributed by atoms with Gasteiger partial charge in [-0.25, -0.2) is 0 Å². The Bertz CT molecular complexity index is 714. The fraction of sp³-hybridized carbons (Fsp3) is 0.682. The van der Waals surface area contributed by atoms with E-state index in [1.807, 2.05) is 0 Å². The lowest BCUT2D eigenvalue weighted by molar-refractivity contribution is -0.139. The van der Waals surface area contributed by atoms with E-state index in [0.717, 1.165) is 25.7 Å². The van der Waals surface area contributed by atoms with Crippen molar-refractivity contribution in [3.63, 3.8) is 0 Å². The Labute approximate surface area is 155 Å². The first-order chi connectivity index (χ1) is 12.2. The Hall–Kier alpha value is -1.55. The van der Waals surface area contributed by atoms with Gasteiger partial charge in [0.1, 0.15) is 11.4 Å². The largest absolute Gasteiger partial charge is 0.502 e. The molecule has 2 aliphatic carbocycles. The monoisotopic (exact) mass is 358 g/mol. The normalized spacial score (nSPS) is 45.1. The number of fused-ring (bicyclic) bond motifs is 2. The summed E-state index contributed by atoms with van der Waals surface area (Å²) in [5.74, 6) is -0.0449. The molecule has 0 bridgehead atoms. The molecule has 0 aromatic rings. The van der Waals surface area contributed by atoms with Gasteiger partial charge >= 0.3 is 0 Å². The van der Waals surface area contributed by atoms with Crippen LogP contribution in [0.15, 0.2) is 35.3 Å². The first-order valence-corrected chi connectivity index (χ1v) is 9.83. The van der Waals surface area contributed by atoms with Gasteiger partial charge in [-0.15, -0.1) is 0 Å². The third-order valence-electron chi connectivity index (χ3n) is 6.80. The van der Waals surface area contributed by atoms with Crippen molar-refractivity contribution in [1.29, 1.82) is 0 Å². The average molecular weight is 358 g/mol. The van der Waals surface area contributed by atoms with Crippen LogP contribution in [0.25, 0.3) is 0 Å². The fourth-order valence-corrected chi connectivity index (χ4v) is 5.10. The number of Topliss-reactive ketones (excluding diaryl/α,β-unsaturated/α-hetero) is 1. The zero-order valence-electron chi connectivity index (χ0n) is 16.2. The van der Waals surface area contributed by atoms with Crippen LogP contribution in [0.3, 0.4) is 0 Å². The van der Waals surface area contributed by atoms with Gasteiger partial charge in [-0.2, -0.15) is 0 Å². The second-order valence-corrected chi connectivity index (χ2v) is 9.42. The molecule has 4 nitrogen and oxygen atoms in total. The van der Waals surface area contributed by atoms with E-state index >= 15 is 0 Å². The molecule has 5 atom stereocenters. The second kappa shape index (κ2) is 5.98. The molecule has 142 valence electrons. The van der Waals surface area contributed by atoms with Crippen molar-refractivity contribution in [3.8, 4) is 0 Å². The third-order valence-corrected chi connectivity index (χ3v) is 6.80. The van der Waals surface area contributed by atoms with Crippen molar-refractivity contribution >= 4 is 5.78 Å². The van der Waals surface area contributed by atoms with Gasteiger partial charge in [0.2, 0.25) is 5.78 Å². The first kappa shape index (κ1) is 17.8. The summed E-state index contributed by atoms with van der Waals surface area (Å²) in [5, 5.41) is 10.3. The molecule has 0 spiro atoms. The summed E-state index contributed by atoms with van der Waals surface area (Å²) in [7, 11) is 0. The summed E-state index contributed by atoms with van der Waals surface area (Å²) < 4.78 is 12.5. The molecule has 4 rings (SSSR count). The molecule has 2 saturated heterocycles. The molecule has 2 heterocycles. The van der Waals surface area contributed by atoms with E-state index in [1.54, 1.807) is 0 Å². The van der Waals surface area contributed by atoms with E-state index in [4.69, 9.17) is 9.47 Å². The number of hydrogen-bond acceptors (Lipinski definition) is 4. The smallest absolute Gasteiger partial charge is 0.206 e. The quantitative estimate of drug-likeness (QED) is 0.649. The van der Waals surface area contributed by atoms with Crippen molar-refractivity contribution in [1.82, 2.24) is 0 Å². The van der Waals surface area contributed by atoms with Crippen LogP contribution < -0.4 is 0 Å². The molecular formula is C22H30O4. The van der Waals surface area contributed by atoms with Gasteiger partial charge in [0, 0.05) is 12.3 Å². The maximum absolute atomic E-state index is 12.4. The van der Waals surface area contributed by atoms with Gasteiger partial charge in [-0.05, 0) is 38.5 Å². The molecule has 0 radical (unpaired) electrons. The summed E-state index contributed by atoms with van der Waals surface area (Å²) in [6.45, 7) is 9.21. The van der Waals surface area contributed by atoms with E-state index in [2.05, 4.69) is 45.9 Å². The maximum Gasteiger partial charge on any atom is 0.206 e. The van der Waals surface area contributed by atoms with Crippen LogP contribution in [-0.4, -0.2) is 29.2 Å². The Morgan fingerprint density at radius 1 is 1.23 bits per heavy atom. The molecule has 0 aromatic heterocycles. The Kier molecular flexibility index (Phi) is 4.11. The summed E-state index contributed by atoms with van der Waals surface area (Å²) in [5.41, 5.74) is 1.03. The molecule has 2 aliphatic heterocycles. The van der Waals surface area contributed by atoms with Crippen LogP contribution in [0.5, 0.6) is 0 Å². The average Bonchev–Trinajstić information content (AvgIpc) is 3.09. The molecule has 0 aromatic carbocycles. The number of rotatable bonds is 0. The zero-order chi connectivity index (χ0) is 18.7. The van der Waals surface area contributed by atoms with Crippen molar-refractivity contribution < 1.29 is 19.4 Å². The van der Waals surface area contributed by atoms with E-state index < -0.39 is 5.60 Å². The number of allylic oxidation sites excluding steroid dienone is 4. The number of ether oxygens (including phenoxy) is 2. The highest BCUT2D eigenvalue weighted by atomic mass is 16.5. The minimum atomic E-state index is -0.471. The maximum atomic E-state index is 12.4. The number of carbonyl (C=O) groups is 1. The van der Waals surface area contributed by atoms with E-state index in [1.165, 1.54) is 5.57 Å². The predicted molar refractivity (Wildman–Crippen MR) is 99.5 cm³/mol. The topological polar surface area (TPSA) is 55.8 Å². The molecule has 0 amide bonds. The van der Waals surface area contributed by atoms with Crippen molar-refractivity contribution in [2.75, 3.05) is 6.61 Å². The van der Waals surface area contributed by atoms with Crippen LogP contribution in [0, 0.1) is 23.2 Å². The molecule has 0 saturated carbocycles. The minimum absolute atomic E-state index is 0.0442. The van der Waals surface area contributed by atoms with Crippen molar-refractivity contribution in [2.45, 2.75) is 65.1 Å². The van der Waals surface area contributed by atoms with Crippen LogP contribution in [0.1, 0.15) is 53.4 Å². The third kappa shape index (κ3) is 2.74. The van der Waals surface area contributed by atoms with E-state index in [0.29, 0.717) is 12.4 Å². The molecule has 2 fully saturated rings. The Morgan fingerprint density at radius 3 is 2.77 bits per heavy atom. The molecule has 1 N–H and O–H groups in total. The van der Waals surface area contributed by atoms with Crippen LogP contribution in [0.4, 0.5) is 0 Å². The first-order valence-electron chi connectivity index (χ1n) is 9.83. The SMILES string of the molecule is C/C1=C\CC(C)(C)/C=C/C[C@@]2(C)OC3=C(O)C(=O)[C@H]4CO[C@H]([C@@H]34)[C@@H]2CC1. The lowest BCUT2D eigenvalue weighted by Gasteiger charge is -2.47. The summed E-state index contributed by atoms with van der Waals surface area (Å²) in [6, 6.07) is 0. The van der Waals surface area contributed by atoms with Gasteiger partial charge in [-0.1, -0.05) is 37.6 Å². The summed E-state index contributed by atoms with van der Waals surface area (Å²) in [4.78, 5) is 12.4. The zero-order valence-corrected chi connectivity index (χ0v) is 16.2. The summed E-state index contributed by atoms with van der Waals surface area (Å²) >= 11 is 0. The van der Waals surface area contributed by atoms with Gasteiger partial charge < -0.3 is 14.6 Å². The van der Waals surface area contributed by atoms with Crippen molar-refractivity contribution in [3.05, 3.63) is 35.3 Å². The molecular weight excluding hydrogens is 328 g/mol. The molecule has 4 heteroatoms. The van der Waals surface area contributed by atoms with Crippen LogP contribution in [-0.2, 0) is 14.3 Å². The molecule has 26 heavy (non-hydrogen) atoms. The number of ketones is 1. The Balaban J connectivity index is 1.73. The van der Waals surface area contributed by atoms with E-state index in [-0.39, 0.29) is 40.8 Å². The fourth-order valence-electron chi connectivity index (χ4n) is 5.10. The number of carbonyl (C=O) groups excluding carboxylic acids is 1. The van der Waals surface area contributed by atoms with Gasteiger partial charge in [0.25, 0.3) is 0 Å². The van der Waals surface area contributed by atoms with Gasteiger partial charge in [0.05, 0.1) is 24.5 Å². The van der Waals surface area contributed by atoms with E-state index in [9.17, 15) is 9.90 Å². The van der Waals surface area contributed by atoms with Gasteiger partial charge in [-0.3, -0.25) is 4.79 Å². The highest BCUT2D eigenvalue weighted by molar-refractivity contribution is 5.99. The van der Waals surface area contributed by atoms with Gasteiger partial charge in [0.15, 0.2) is 5.76 Å². The number of aliphatic hydroxyl groups is 1. The lowest BCUT2D eigenvalue weighted by atomic mass is 9.71. The summed E-state index contributed by atoms with van der Waals surface area (Å²) in [6.07, 6.45) is 10.6. The predicted octanol–water partition coefficient (Wildman–Crippen LogP) is 4.48. The lowest BCUT2D eigenvalue weighted by Crippen LogP contribution is -2.51. The molecule has 0 unspecified atom stereocenters. The molecule has 4 aliphatic rings. The Morgan fingerprint density at radius 2 is 2.00 bits per heavy atom. The standard InChI is InChI=1S/C22H30O4/c1-13-6-7-15-19-16-14(12-25-19)17(23)18(24)20(16)26-22(15,4)10-5-9-21(2,3)11-8-13/h5,8-9,14-16,19,24H,6-7,10-12H2,1-4H3/b9-5+,13-8+/t14-,15-,16-,19-,22+/m0/s1.